The van der Waals surface area contributed by atoms with Crippen LogP contribution in [0.15, 0.2) is 52.7 Å². The minimum atomic E-state index is -1.30. The fourth-order valence-corrected chi connectivity index (χ4v) is 2.89. The quantitative estimate of drug-likeness (QED) is 0.618. The molecule has 0 aromatic heterocycles. The Hall–Kier alpha value is -2.32. The van der Waals surface area contributed by atoms with E-state index in [2.05, 4.69) is 15.5 Å². The van der Waals surface area contributed by atoms with Gasteiger partial charge in [-0.1, -0.05) is 23.8 Å². The number of hydrogen-bond acceptors (Lipinski definition) is 7. The first-order chi connectivity index (χ1) is 12.8. The number of aliphatic hydroxyl groups is 3. The first kappa shape index (κ1) is 19.4. The molecule has 1 aliphatic rings. The lowest BCUT2D eigenvalue weighted by molar-refractivity contribution is -0.209. The van der Waals surface area contributed by atoms with E-state index in [1.54, 1.807) is 6.92 Å². The number of aryl methyl sites for hydroxylation is 2. The second-order valence-corrected chi connectivity index (χ2v) is 6.93. The Kier molecular flexibility index (Phi) is 5.86. The summed E-state index contributed by atoms with van der Waals surface area (Å²) in [7, 11) is 0. The smallest absolute Gasteiger partial charge is 0.157 e. The molecule has 3 rings (SSSR count). The molecular formula is C20H25N3O4. The first-order valence-corrected chi connectivity index (χ1v) is 8.90. The van der Waals surface area contributed by atoms with Crippen LogP contribution in [0.5, 0.6) is 0 Å². The maximum absolute atomic E-state index is 10.2. The minimum Gasteiger partial charge on any atom is -0.388 e. The molecule has 27 heavy (non-hydrogen) atoms. The third-order valence-electron chi connectivity index (χ3n) is 4.61. The van der Waals surface area contributed by atoms with Crippen molar-refractivity contribution in [2.75, 3.05) is 5.32 Å². The third-order valence-corrected chi connectivity index (χ3v) is 4.61. The summed E-state index contributed by atoms with van der Waals surface area (Å²) in [5.41, 5.74) is 4.07. The Morgan fingerprint density at radius 2 is 1.52 bits per heavy atom. The highest BCUT2D eigenvalue weighted by Crippen LogP contribution is 2.31. The number of nitrogens with one attached hydrogen (secondary N) is 1. The zero-order valence-corrected chi connectivity index (χ0v) is 15.6. The summed E-state index contributed by atoms with van der Waals surface area (Å²) in [5.74, 6) is 0. The third kappa shape index (κ3) is 4.51. The average Bonchev–Trinajstić information content (AvgIpc) is 2.65. The van der Waals surface area contributed by atoms with Crippen LogP contribution < -0.4 is 5.32 Å². The highest BCUT2D eigenvalue weighted by molar-refractivity contribution is 5.66. The van der Waals surface area contributed by atoms with Crippen LogP contribution in [-0.4, -0.2) is 46.0 Å². The van der Waals surface area contributed by atoms with Gasteiger partial charge in [-0.3, -0.25) is 0 Å². The summed E-state index contributed by atoms with van der Waals surface area (Å²) in [5, 5.41) is 41.7. The second kappa shape index (κ2) is 8.14. The predicted octanol–water partition coefficient (Wildman–Crippen LogP) is 2.96. The van der Waals surface area contributed by atoms with Crippen LogP contribution in [-0.2, 0) is 4.74 Å². The Labute approximate surface area is 158 Å². The Morgan fingerprint density at radius 3 is 2.22 bits per heavy atom. The molecule has 1 fully saturated rings. The predicted molar refractivity (Wildman–Crippen MR) is 103 cm³/mol. The summed E-state index contributed by atoms with van der Waals surface area (Å²) in [4.78, 5) is 0. The Balaban J connectivity index is 1.82. The van der Waals surface area contributed by atoms with Gasteiger partial charge < -0.3 is 25.4 Å². The fraction of sp³-hybridized carbons (Fsp3) is 0.400. The molecule has 0 spiro atoms. The highest BCUT2D eigenvalue weighted by atomic mass is 16.5. The Morgan fingerprint density at radius 1 is 0.852 bits per heavy atom. The maximum atomic E-state index is 10.2. The van der Waals surface area contributed by atoms with E-state index in [9.17, 15) is 15.3 Å². The molecule has 7 heteroatoms. The van der Waals surface area contributed by atoms with E-state index in [1.807, 2.05) is 56.3 Å². The van der Waals surface area contributed by atoms with Gasteiger partial charge in [0.15, 0.2) is 6.23 Å². The maximum Gasteiger partial charge on any atom is 0.157 e. The van der Waals surface area contributed by atoms with Crippen LogP contribution in [0.1, 0.15) is 18.1 Å². The van der Waals surface area contributed by atoms with Gasteiger partial charge in [-0.25, -0.2) is 0 Å². The van der Waals surface area contributed by atoms with Crippen molar-refractivity contribution in [3.63, 3.8) is 0 Å². The molecule has 0 saturated carbocycles. The number of azo groups is 1. The number of aliphatic hydroxyl groups excluding tert-OH is 3. The molecule has 5 atom stereocenters. The first-order valence-electron chi connectivity index (χ1n) is 8.90. The molecule has 0 radical (unpaired) electrons. The molecule has 1 heterocycles. The summed E-state index contributed by atoms with van der Waals surface area (Å²) in [6, 6.07) is 13.3. The molecule has 7 nitrogen and oxygen atoms in total. The monoisotopic (exact) mass is 371 g/mol. The molecule has 144 valence electrons. The van der Waals surface area contributed by atoms with Crippen LogP contribution in [0.2, 0.25) is 0 Å². The zero-order valence-electron chi connectivity index (χ0n) is 15.6. The molecule has 0 bridgehead atoms. The topological polar surface area (TPSA) is 107 Å². The van der Waals surface area contributed by atoms with Crippen LogP contribution >= 0.6 is 0 Å². The normalized spacial score (nSPS) is 28.4. The highest BCUT2D eigenvalue weighted by Gasteiger charge is 2.41. The summed E-state index contributed by atoms with van der Waals surface area (Å²) >= 11 is 0. The molecule has 0 aliphatic carbocycles. The van der Waals surface area contributed by atoms with Crippen molar-refractivity contribution in [3.8, 4) is 0 Å². The lowest BCUT2D eigenvalue weighted by Gasteiger charge is -2.39. The fourth-order valence-electron chi connectivity index (χ4n) is 2.89. The van der Waals surface area contributed by atoms with Crippen molar-refractivity contribution < 1.29 is 20.1 Å². The van der Waals surface area contributed by atoms with Gasteiger partial charge in [0.2, 0.25) is 0 Å². The van der Waals surface area contributed by atoms with E-state index in [-0.39, 0.29) is 0 Å². The summed E-state index contributed by atoms with van der Waals surface area (Å²) < 4.78 is 5.60. The van der Waals surface area contributed by atoms with Gasteiger partial charge >= 0.3 is 0 Å². The standard InChI is InChI=1S/C20H25N3O4/c1-11-4-7-14(8-5-11)22-23-16-10-12(2)6-9-15(16)21-20-19(26)18(25)17(24)13(3)27-20/h4-10,13,17-21,24-26H,1-3H3/t13-,17+,18-,19+,20-/m1/s1. The molecule has 2 aromatic carbocycles. The van der Waals surface area contributed by atoms with Gasteiger partial charge in [-0.2, -0.15) is 5.11 Å². The van der Waals surface area contributed by atoms with Crippen molar-refractivity contribution in [2.24, 2.45) is 10.2 Å². The number of ether oxygens (including phenoxy) is 1. The number of hydrogen-bond donors (Lipinski definition) is 4. The van der Waals surface area contributed by atoms with Gasteiger partial charge in [-0.15, -0.1) is 5.11 Å². The molecular weight excluding hydrogens is 346 g/mol. The van der Waals surface area contributed by atoms with Crippen molar-refractivity contribution in [3.05, 3.63) is 53.6 Å². The molecule has 0 amide bonds. The van der Waals surface area contributed by atoms with Gasteiger partial charge in [0.25, 0.3) is 0 Å². The summed E-state index contributed by atoms with van der Waals surface area (Å²) in [6.45, 7) is 5.59. The van der Waals surface area contributed by atoms with E-state index in [1.165, 1.54) is 0 Å². The second-order valence-electron chi connectivity index (χ2n) is 6.93. The molecule has 2 aromatic rings. The molecule has 1 aliphatic heterocycles. The van der Waals surface area contributed by atoms with Crippen LogP contribution in [0, 0.1) is 13.8 Å². The zero-order chi connectivity index (χ0) is 19.6. The minimum absolute atomic E-state index is 0.583. The lowest BCUT2D eigenvalue weighted by atomic mass is 9.99. The molecule has 0 unspecified atom stereocenters. The SMILES string of the molecule is Cc1ccc(N=Nc2cc(C)ccc2N[C@@H]2O[C@H](C)[C@H](O)[C@@H](O)[C@@H]2O)cc1. The lowest BCUT2D eigenvalue weighted by Crippen LogP contribution is -2.58. The van der Waals surface area contributed by atoms with Crippen molar-refractivity contribution in [1.82, 2.24) is 0 Å². The van der Waals surface area contributed by atoms with E-state index in [0.29, 0.717) is 11.4 Å². The van der Waals surface area contributed by atoms with Crippen molar-refractivity contribution >= 4 is 17.1 Å². The van der Waals surface area contributed by atoms with Crippen LogP contribution in [0.25, 0.3) is 0 Å². The van der Waals surface area contributed by atoms with Crippen LogP contribution in [0.4, 0.5) is 17.1 Å². The molecule has 4 N–H and O–H groups in total. The number of rotatable bonds is 4. The van der Waals surface area contributed by atoms with Gasteiger partial charge in [-0.05, 0) is 50.6 Å². The van der Waals surface area contributed by atoms with Crippen molar-refractivity contribution in [2.45, 2.75) is 51.4 Å². The summed E-state index contributed by atoms with van der Waals surface area (Å²) in [6.07, 6.45) is -5.22. The number of anilines is 1. The van der Waals surface area contributed by atoms with Crippen molar-refractivity contribution in [1.29, 1.82) is 0 Å². The van der Waals surface area contributed by atoms with E-state index in [4.69, 9.17) is 4.74 Å². The van der Waals surface area contributed by atoms with E-state index >= 15 is 0 Å². The van der Waals surface area contributed by atoms with Crippen LogP contribution in [0.3, 0.4) is 0 Å². The number of nitrogens with zero attached hydrogens (tertiary/aromatic N) is 2. The van der Waals surface area contributed by atoms with E-state index in [0.717, 1.165) is 16.8 Å². The van der Waals surface area contributed by atoms with Gasteiger partial charge in [0.05, 0.1) is 17.5 Å². The van der Waals surface area contributed by atoms with Gasteiger partial charge in [0.1, 0.15) is 24.0 Å². The Bertz CT molecular complexity index is 809. The average molecular weight is 371 g/mol. The van der Waals surface area contributed by atoms with Gasteiger partial charge in [0, 0.05) is 0 Å². The molecule has 1 saturated heterocycles. The largest absolute Gasteiger partial charge is 0.388 e. The number of benzene rings is 2. The van der Waals surface area contributed by atoms with E-state index < -0.39 is 30.6 Å².